The number of rotatable bonds is 9. The second kappa shape index (κ2) is 9.43. The van der Waals surface area contributed by atoms with Crippen LogP contribution in [0.5, 0.6) is 0 Å². The van der Waals surface area contributed by atoms with E-state index in [-0.39, 0.29) is 6.10 Å². The van der Waals surface area contributed by atoms with Gasteiger partial charge in [0.1, 0.15) is 6.10 Å². The smallest absolute Gasteiger partial charge is 0.404 e. The van der Waals surface area contributed by atoms with Crippen molar-refractivity contribution in [2.45, 2.75) is 71.8 Å². The van der Waals surface area contributed by atoms with Crippen LogP contribution in [0.4, 0.5) is 4.79 Å². The summed E-state index contributed by atoms with van der Waals surface area (Å²) in [7, 11) is 0. The number of ether oxygens (including phenoxy) is 1. The van der Waals surface area contributed by atoms with Crippen molar-refractivity contribution >= 4 is 6.09 Å². The van der Waals surface area contributed by atoms with Gasteiger partial charge in [0.25, 0.3) is 0 Å². The van der Waals surface area contributed by atoms with Gasteiger partial charge in [0.15, 0.2) is 0 Å². The molecule has 0 spiro atoms. The normalized spacial score (nSPS) is 12.1. The van der Waals surface area contributed by atoms with Gasteiger partial charge in [-0.15, -0.1) is 0 Å². The van der Waals surface area contributed by atoms with Gasteiger partial charge in [-0.1, -0.05) is 44.9 Å². The molecule has 0 aliphatic carbocycles. The predicted octanol–water partition coefficient (Wildman–Crippen LogP) is 4.40. The number of benzene rings is 1. The van der Waals surface area contributed by atoms with Crippen LogP contribution >= 0.6 is 0 Å². The Morgan fingerprint density at radius 3 is 1.95 bits per heavy atom. The van der Waals surface area contributed by atoms with Gasteiger partial charge >= 0.3 is 6.09 Å². The Morgan fingerprint density at radius 2 is 1.52 bits per heavy atom. The third kappa shape index (κ3) is 7.16. The van der Waals surface area contributed by atoms with E-state index in [2.05, 4.69) is 32.0 Å². The number of aryl methyl sites for hydroxylation is 2. The molecule has 1 unspecified atom stereocenters. The second-order valence-electron chi connectivity index (χ2n) is 5.82. The number of hydrogen-bond acceptors (Lipinski definition) is 2. The van der Waals surface area contributed by atoms with Crippen LogP contribution in [-0.2, 0) is 24.0 Å². The summed E-state index contributed by atoms with van der Waals surface area (Å²) in [5.41, 5.74) is 9.11. The van der Waals surface area contributed by atoms with E-state index in [9.17, 15) is 4.79 Å². The Hall–Kier alpha value is -1.51. The molecule has 1 rings (SSSR count). The zero-order valence-electron chi connectivity index (χ0n) is 13.7. The number of primary amides is 1. The Balaban J connectivity index is 2.81. The van der Waals surface area contributed by atoms with Gasteiger partial charge in [-0.3, -0.25) is 0 Å². The van der Waals surface area contributed by atoms with Gasteiger partial charge in [0.2, 0.25) is 0 Å². The minimum atomic E-state index is -0.698. The number of unbranched alkanes of at least 4 members (excludes halogenated alkanes) is 2. The summed E-state index contributed by atoms with van der Waals surface area (Å²) in [6, 6.07) is 6.81. The van der Waals surface area contributed by atoms with E-state index in [0.29, 0.717) is 0 Å². The van der Waals surface area contributed by atoms with E-state index >= 15 is 0 Å². The van der Waals surface area contributed by atoms with Gasteiger partial charge in [-0.2, -0.15) is 0 Å². The van der Waals surface area contributed by atoms with Crippen molar-refractivity contribution in [3.63, 3.8) is 0 Å². The first-order chi connectivity index (χ1) is 10.0. The largest absolute Gasteiger partial charge is 0.446 e. The lowest BCUT2D eigenvalue weighted by Crippen LogP contribution is -2.22. The zero-order valence-corrected chi connectivity index (χ0v) is 13.7. The fourth-order valence-electron chi connectivity index (χ4n) is 2.58. The highest BCUT2D eigenvalue weighted by Gasteiger charge is 2.09. The Bertz CT molecular complexity index is 417. The summed E-state index contributed by atoms with van der Waals surface area (Å²) in [5.74, 6) is 0. The maximum atomic E-state index is 10.8. The fourth-order valence-corrected chi connectivity index (χ4v) is 2.58. The first-order valence-electron chi connectivity index (χ1n) is 8.13. The minimum absolute atomic E-state index is 0.178. The van der Waals surface area contributed by atoms with Crippen LogP contribution in [0.3, 0.4) is 0 Å². The van der Waals surface area contributed by atoms with Crippen LogP contribution in [0.1, 0.15) is 63.1 Å². The molecule has 1 aromatic carbocycles. The molecule has 0 saturated carbocycles. The molecule has 0 radical (unpaired) electrons. The van der Waals surface area contributed by atoms with Crippen LogP contribution in [0.2, 0.25) is 0 Å². The number of carbonyl (C=O) groups is 1. The van der Waals surface area contributed by atoms with Crippen LogP contribution in [0.15, 0.2) is 18.2 Å². The number of carbonyl (C=O) groups excluding carboxylic acids is 1. The summed E-state index contributed by atoms with van der Waals surface area (Å²) in [6.45, 7) is 6.31. The van der Waals surface area contributed by atoms with Crippen molar-refractivity contribution in [2.24, 2.45) is 5.73 Å². The molecule has 0 aromatic heterocycles. The quantitative estimate of drug-likeness (QED) is 0.733. The summed E-state index contributed by atoms with van der Waals surface area (Å²) in [6.07, 6.45) is 6.92. The van der Waals surface area contributed by atoms with Crippen molar-refractivity contribution in [2.75, 3.05) is 0 Å². The highest BCUT2D eigenvalue weighted by atomic mass is 16.6. The molecule has 0 saturated heterocycles. The maximum Gasteiger partial charge on any atom is 0.404 e. The van der Waals surface area contributed by atoms with E-state index in [1.54, 1.807) is 0 Å². The SMILES string of the molecule is CCCCc1cc(CCCC)cc(CC(C)OC(N)=O)c1. The van der Waals surface area contributed by atoms with E-state index in [0.717, 1.165) is 19.3 Å². The molecule has 2 N–H and O–H groups in total. The molecule has 21 heavy (non-hydrogen) atoms. The van der Waals surface area contributed by atoms with E-state index in [1.165, 1.54) is 42.4 Å². The van der Waals surface area contributed by atoms with Crippen molar-refractivity contribution in [3.8, 4) is 0 Å². The van der Waals surface area contributed by atoms with Gasteiger partial charge < -0.3 is 10.5 Å². The topological polar surface area (TPSA) is 52.3 Å². The van der Waals surface area contributed by atoms with Crippen molar-refractivity contribution in [1.82, 2.24) is 0 Å². The van der Waals surface area contributed by atoms with Gasteiger partial charge in [-0.25, -0.2) is 4.79 Å². The minimum Gasteiger partial charge on any atom is -0.446 e. The molecule has 1 amide bonds. The summed E-state index contributed by atoms with van der Waals surface area (Å²) >= 11 is 0. The van der Waals surface area contributed by atoms with Gasteiger partial charge in [0, 0.05) is 6.42 Å². The molecule has 0 aliphatic rings. The third-order valence-corrected chi connectivity index (χ3v) is 3.59. The molecule has 0 bridgehead atoms. The van der Waals surface area contributed by atoms with E-state index in [4.69, 9.17) is 10.5 Å². The summed E-state index contributed by atoms with van der Waals surface area (Å²) < 4.78 is 5.04. The summed E-state index contributed by atoms with van der Waals surface area (Å²) in [5, 5.41) is 0. The molecule has 0 heterocycles. The maximum absolute atomic E-state index is 10.8. The number of amides is 1. The Kier molecular flexibility index (Phi) is 7.88. The average Bonchev–Trinajstić information content (AvgIpc) is 2.41. The van der Waals surface area contributed by atoms with Crippen LogP contribution in [-0.4, -0.2) is 12.2 Å². The molecule has 1 aromatic rings. The Labute approximate surface area is 128 Å². The molecule has 118 valence electrons. The molecular weight excluding hydrogens is 262 g/mol. The molecule has 1 atom stereocenters. The van der Waals surface area contributed by atoms with Crippen LogP contribution in [0.25, 0.3) is 0 Å². The number of nitrogens with two attached hydrogens (primary N) is 1. The monoisotopic (exact) mass is 291 g/mol. The van der Waals surface area contributed by atoms with Crippen molar-refractivity contribution < 1.29 is 9.53 Å². The summed E-state index contributed by atoms with van der Waals surface area (Å²) in [4.78, 5) is 10.8. The first kappa shape index (κ1) is 17.5. The Morgan fingerprint density at radius 1 is 1.05 bits per heavy atom. The standard InChI is InChI=1S/C18H29NO2/c1-4-6-8-15-11-16(9-7-5-2)13-17(12-15)10-14(3)21-18(19)20/h11-14H,4-10H2,1-3H3,(H2,19,20). The average molecular weight is 291 g/mol. The van der Waals surface area contributed by atoms with Gasteiger partial charge in [-0.05, 0) is 49.3 Å². The molecular formula is C18H29NO2. The van der Waals surface area contributed by atoms with Crippen LogP contribution < -0.4 is 5.73 Å². The van der Waals surface area contributed by atoms with Gasteiger partial charge in [0.05, 0.1) is 0 Å². The fraction of sp³-hybridized carbons (Fsp3) is 0.611. The molecule has 0 aliphatic heterocycles. The van der Waals surface area contributed by atoms with E-state index < -0.39 is 6.09 Å². The molecule has 0 fully saturated rings. The highest BCUT2D eigenvalue weighted by Crippen LogP contribution is 2.17. The lowest BCUT2D eigenvalue weighted by Gasteiger charge is -2.14. The lowest BCUT2D eigenvalue weighted by molar-refractivity contribution is 0.116. The van der Waals surface area contributed by atoms with Crippen molar-refractivity contribution in [1.29, 1.82) is 0 Å². The van der Waals surface area contributed by atoms with E-state index in [1.807, 2.05) is 6.92 Å². The predicted molar refractivity (Wildman–Crippen MR) is 87.5 cm³/mol. The molecule has 3 heteroatoms. The number of hydrogen-bond donors (Lipinski definition) is 1. The lowest BCUT2D eigenvalue weighted by atomic mass is 9.96. The first-order valence-corrected chi connectivity index (χ1v) is 8.13. The van der Waals surface area contributed by atoms with Crippen molar-refractivity contribution in [3.05, 3.63) is 34.9 Å². The zero-order chi connectivity index (χ0) is 15.7. The second-order valence-corrected chi connectivity index (χ2v) is 5.82. The third-order valence-electron chi connectivity index (χ3n) is 3.59. The van der Waals surface area contributed by atoms with Crippen LogP contribution in [0, 0.1) is 0 Å². The highest BCUT2D eigenvalue weighted by molar-refractivity contribution is 5.64. The molecule has 3 nitrogen and oxygen atoms in total.